The Hall–Kier alpha value is -3.35. The molecule has 0 radical (unpaired) electrons. The number of anilines is 1. The molecular formula is C25H28N4O3. The van der Waals surface area contributed by atoms with Gasteiger partial charge in [0.05, 0.1) is 24.4 Å². The molecule has 2 amide bonds. The number of amides is 2. The van der Waals surface area contributed by atoms with Crippen molar-refractivity contribution in [2.24, 2.45) is 5.92 Å². The lowest BCUT2D eigenvalue weighted by molar-refractivity contribution is 0.0586. The number of ether oxygens (including phenoxy) is 1. The van der Waals surface area contributed by atoms with Gasteiger partial charge < -0.3 is 10.1 Å². The minimum absolute atomic E-state index is 0.0817. The monoisotopic (exact) mass is 432 g/mol. The number of benzene rings is 1. The topological polar surface area (TPSA) is 75.9 Å². The number of carbonyl (C=O) groups is 2. The van der Waals surface area contributed by atoms with E-state index in [0.29, 0.717) is 12.5 Å². The number of aromatic nitrogens is 2. The van der Waals surface area contributed by atoms with Crippen LogP contribution in [0, 0.1) is 12.8 Å². The van der Waals surface area contributed by atoms with Crippen molar-refractivity contribution in [1.82, 2.24) is 14.7 Å². The standard InChI is InChI=1S/C25H28N4O3/c1-17-6-5-9-19(14-17)25(18-7-3-4-8-18)11-13-29(24(31)27-25)20-10-12-28-21(15-20)16-26-22(28)23(30)32-2/h5-6,9-10,12,14-16,18H,3-4,7-8,11,13H2,1-2H3,(H,27,31). The zero-order valence-electron chi connectivity index (χ0n) is 18.5. The lowest BCUT2D eigenvalue weighted by Crippen LogP contribution is -2.61. The van der Waals surface area contributed by atoms with Crippen LogP contribution in [-0.2, 0) is 10.3 Å². The van der Waals surface area contributed by atoms with Crippen molar-refractivity contribution in [2.45, 2.75) is 44.6 Å². The van der Waals surface area contributed by atoms with Crippen molar-refractivity contribution in [3.05, 3.63) is 65.7 Å². The van der Waals surface area contributed by atoms with Gasteiger partial charge in [-0.1, -0.05) is 42.7 Å². The van der Waals surface area contributed by atoms with E-state index in [4.69, 9.17) is 4.74 Å². The van der Waals surface area contributed by atoms with Gasteiger partial charge in [0.15, 0.2) is 0 Å². The molecule has 7 nitrogen and oxygen atoms in total. The van der Waals surface area contributed by atoms with Gasteiger partial charge in [0.25, 0.3) is 0 Å². The molecule has 1 aromatic carbocycles. The van der Waals surface area contributed by atoms with Crippen LogP contribution in [0.4, 0.5) is 10.5 Å². The second kappa shape index (κ2) is 7.97. The highest BCUT2D eigenvalue weighted by Crippen LogP contribution is 2.45. The number of rotatable bonds is 4. The molecule has 3 heterocycles. The Morgan fingerprint density at radius 2 is 2.03 bits per heavy atom. The van der Waals surface area contributed by atoms with Gasteiger partial charge in [0, 0.05) is 18.4 Å². The first kappa shape index (κ1) is 20.5. The molecule has 32 heavy (non-hydrogen) atoms. The SMILES string of the molecule is COC(=O)c1ncc2cc(N3CCC(c4cccc(C)c4)(C4CCCC4)NC3=O)ccn12. The molecule has 1 aliphatic heterocycles. The molecule has 2 aromatic heterocycles. The Kier molecular flexibility index (Phi) is 5.12. The van der Waals surface area contributed by atoms with Crippen LogP contribution in [0.2, 0.25) is 0 Å². The number of nitrogens with zero attached hydrogens (tertiary/aromatic N) is 3. The first-order valence-electron chi connectivity index (χ1n) is 11.2. The number of hydrogen-bond donors (Lipinski definition) is 1. The molecule has 7 heteroatoms. The van der Waals surface area contributed by atoms with Gasteiger partial charge in [-0.3, -0.25) is 9.30 Å². The molecule has 1 unspecified atom stereocenters. The lowest BCUT2D eigenvalue weighted by Gasteiger charge is -2.46. The molecule has 2 fully saturated rings. The summed E-state index contributed by atoms with van der Waals surface area (Å²) < 4.78 is 6.46. The molecule has 0 bridgehead atoms. The number of carbonyl (C=O) groups excluding carboxylic acids is 2. The number of methoxy groups -OCH3 is 1. The molecule has 2 aliphatic rings. The van der Waals surface area contributed by atoms with Crippen molar-refractivity contribution in [1.29, 1.82) is 0 Å². The van der Waals surface area contributed by atoms with Crippen LogP contribution >= 0.6 is 0 Å². The Morgan fingerprint density at radius 3 is 2.75 bits per heavy atom. The van der Waals surface area contributed by atoms with Gasteiger partial charge in [-0.2, -0.15) is 0 Å². The smallest absolute Gasteiger partial charge is 0.374 e. The van der Waals surface area contributed by atoms with E-state index in [2.05, 4.69) is 41.5 Å². The summed E-state index contributed by atoms with van der Waals surface area (Å²) in [5.41, 5.74) is 3.63. The minimum atomic E-state index is -0.493. The molecule has 1 atom stereocenters. The Morgan fingerprint density at radius 1 is 1.22 bits per heavy atom. The van der Waals surface area contributed by atoms with Crippen molar-refractivity contribution in [2.75, 3.05) is 18.6 Å². The lowest BCUT2D eigenvalue weighted by atomic mass is 9.73. The van der Waals surface area contributed by atoms with Crippen molar-refractivity contribution in [3.8, 4) is 0 Å². The van der Waals surface area contributed by atoms with Crippen LogP contribution in [0.25, 0.3) is 5.52 Å². The second-order valence-electron chi connectivity index (χ2n) is 8.91. The summed E-state index contributed by atoms with van der Waals surface area (Å²) in [6.07, 6.45) is 8.96. The van der Waals surface area contributed by atoms with Gasteiger partial charge in [-0.15, -0.1) is 0 Å². The predicted molar refractivity (Wildman–Crippen MR) is 122 cm³/mol. The number of nitrogens with one attached hydrogen (secondary N) is 1. The first-order chi connectivity index (χ1) is 15.5. The summed E-state index contributed by atoms with van der Waals surface area (Å²) in [4.78, 5) is 31.3. The van der Waals surface area contributed by atoms with Crippen LogP contribution in [0.5, 0.6) is 0 Å². The van der Waals surface area contributed by atoms with Gasteiger partial charge >= 0.3 is 12.0 Å². The summed E-state index contributed by atoms with van der Waals surface area (Å²) in [6.45, 7) is 2.73. The fourth-order valence-corrected chi connectivity index (χ4v) is 5.45. The Balaban J connectivity index is 1.46. The average molecular weight is 433 g/mol. The minimum Gasteiger partial charge on any atom is -0.463 e. The van der Waals surface area contributed by atoms with Crippen LogP contribution in [-0.4, -0.2) is 35.0 Å². The summed E-state index contributed by atoms with van der Waals surface area (Å²) >= 11 is 0. The molecule has 0 spiro atoms. The highest BCUT2D eigenvalue weighted by molar-refractivity contribution is 5.94. The summed E-state index contributed by atoms with van der Waals surface area (Å²) in [5, 5.41) is 3.43. The molecule has 166 valence electrons. The Bertz CT molecular complexity index is 1180. The average Bonchev–Trinajstić information content (AvgIpc) is 3.48. The molecular weight excluding hydrogens is 404 g/mol. The normalized spacial score (nSPS) is 21.7. The van der Waals surface area contributed by atoms with Crippen LogP contribution in [0.3, 0.4) is 0 Å². The zero-order valence-corrected chi connectivity index (χ0v) is 18.5. The number of hydrogen-bond acceptors (Lipinski definition) is 4. The van der Waals surface area contributed by atoms with Crippen LogP contribution in [0.1, 0.15) is 53.8 Å². The maximum absolute atomic E-state index is 13.4. The molecule has 3 aromatic rings. The van der Waals surface area contributed by atoms with Gasteiger partial charge in [0.2, 0.25) is 5.82 Å². The summed E-state index contributed by atoms with van der Waals surface area (Å²) in [6, 6.07) is 12.2. The molecule has 1 saturated heterocycles. The number of esters is 1. The number of urea groups is 1. The number of imidazole rings is 1. The third-order valence-electron chi connectivity index (χ3n) is 7.09. The van der Waals surface area contributed by atoms with E-state index in [0.717, 1.165) is 30.5 Å². The van der Waals surface area contributed by atoms with E-state index >= 15 is 0 Å². The zero-order chi connectivity index (χ0) is 22.3. The van der Waals surface area contributed by atoms with Crippen molar-refractivity contribution >= 4 is 23.2 Å². The van der Waals surface area contributed by atoms with E-state index in [1.54, 1.807) is 21.7 Å². The third kappa shape index (κ3) is 3.32. The van der Waals surface area contributed by atoms with Crippen LogP contribution in [0.15, 0.2) is 48.8 Å². The maximum Gasteiger partial charge on any atom is 0.374 e. The summed E-state index contributed by atoms with van der Waals surface area (Å²) in [7, 11) is 1.33. The Labute approximate surface area is 187 Å². The second-order valence-corrected chi connectivity index (χ2v) is 8.91. The largest absolute Gasteiger partial charge is 0.463 e. The highest BCUT2D eigenvalue weighted by Gasteiger charge is 2.46. The first-order valence-corrected chi connectivity index (χ1v) is 11.2. The number of pyridine rings is 1. The number of aryl methyl sites for hydroxylation is 1. The third-order valence-corrected chi connectivity index (χ3v) is 7.09. The van der Waals surface area contributed by atoms with E-state index in [1.165, 1.54) is 31.1 Å². The van der Waals surface area contributed by atoms with Crippen molar-refractivity contribution in [3.63, 3.8) is 0 Å². The van der Waals surface area contributed by atoms with Crippen molar-refractivity contribution < 1.29 is 14.3 Å². The predicted octanol–water partition coefficient (Wildman–Crippen LogP) is 4.43. The van der Waals surface area contributed by atoms with Gasteiger partial charge in [0.1, 0.15) is 0 Å². The van der Waals surface area contributed by atoms with E-state index in [-0.39, 0.29) is 17.4 Å². The fourth-order valence-electron chi connectivity index (χ4n) is 5.45. The van der Waals surface area contributed by atoms with E-state index in [1.807, 2.05) is 12.1 Å². The van der Waals surface area contributed by atoms with Crippen LogP contribution < -0.4 is 10.2 Å². The van der Waals surface area contributed by atoms with E-state index in [9.17, 15) is 9.59 Å². The molecule has 5 rings (SSSR count). The quantitative estimate of drug-likeness (QED) is 0.619. The summed E-state index contributed by atoms with van der Waals surface area (Å²) in [5.74, 6) is 0.181. The molecule has 1 aliphatic carbocycles. The number of fused-ring (bicyclic) bond motifs is 1. The van der Waals surface area contributed by atoms with Gasteiger partial charge in [-0.25, -0.2) is 14.6 Å². The fraction of sp³-hybridized carbons (Fsp3) is 0.400. The molecule has 1 saturated carbocycles. The maximum atomic E-state index is 13.4. The van der Waals surface area contributed by atoms with Gasteiger partial charge in [-0.05, 0) is 49.8 Å². The molecule has 1 N–H and O–H groups in total. The highest BCUT2D eigenvalue weighted by atomic mass is 16.5. The van der Waals surface area contributed by atoms with E-state index < -0.39 is 5.97 Å².